The zero-order valence-corrected chi connectivity index (χ0v) is 12.4. The largest absolute Gasteiger partial charge is 0.351 e. The minimum Gasteiger partial charge on any atom is -0.351 e. The normalized spacial score (nSPS) is 24.9. The van der Waals surface area contributed by atoms with E-state index in [1.165, 1.54) is 19.9 Å². The maximum absolute atomic E-state index is 11.8. The zero-order chi connectivity index (χ0) is 14.0. The first-order valence-electron chi connectivity index (χ1n) is 6.77. The first kappa shape index (κ1) is 14.7. The molecule has 6 nitrogen and oxygen atoms in total. The van der Waals surface area contributed by atoms with Gasteiger partial charge in [-0.2, -0.15) is 4.31 Å². The van der Waals surface area contributed by atoms with Crippen LogP contribution in [0.3, 0.4) is 0 Å². The minimum absolute atomic E-state index is 0.0992. The van der Waals surface area contributed by atoms with Gasteiger partial charge in [0.2, 0.25) is 15.9 Å². The monoisotopic (exact) mass is 289 g/mol. The summed E-state index contributed by atoms with van der Waals surface area (Å²) in [7, 11) is -1.87. The number of nitrogens with zero attached hydrogens (tertiary/aromatic N) is 2. The molecule has 1 saturated heterocycles. The van der Waals surface area contributed by atoms with Gasteiger partial charge in [-0.25, -0.2) is 8.42 Å². The fourth-order valence-electron chi connectivity index (χ4n) is 2.37. The van der Waals surface area contributed by atoms with E-state index in [9.17, 15) is 13.2 Å². The van der Waals surface area contributed by atoms with Crippen LogP contribution in [-0.4, -0.2) is 69.1 Å². The number of carbonyl (C=O) groups excluding carboxylic acids is 1. The number of hydrogen-bond donors (Lipinski definition) is 1. The summed E-state index contributed by atoms with van der Waals surface area (Å²) in [5.41, 5.74) is 0. The van der Waals surface area contributed by atoms with Crippen molar-refractivity contribution in [2.75, 3.05) is 39.5 Å². The third-order valence-electron chi connectivity index (χ3n) is 3.78. The van der Waals surface area contributed by atoms with E-state index in [0.29, 0.717) is 0 Å². The number of likely N-dealkylation sites (N-methyl/N-ethyl adjacent to an activating group) is 1. The highest BCUT2D eigenvalue weighted by molar-refractivity contribution is 7.88. The van der Waals surface area contributed by atoms with E-state index in [0.717, 1.165) is 42.5 Å². The van der Waals surface area contributed by atoms with E-state index in [2.05, 4.69) is 10.2 Å². The highest BCUT2D eigenvalue weighted by Gasteiger charge is 2.30. The summed E-state index contributed by atoms with van der Waals surface area (Å²) in [5.74, 6) is 0.650. The van der Waals surface area contributed by atoms with E-state index in [1.807, 2.05) is 0 Å². The van der Waals surface area contributed by atoms with Crippen molar-refractivity contribution in [3.63, 3.8) is 0 Å². The lowest BCUT2D eigenvalue weighted by Gasteiger charge is -2.18. The Balaban J connectivity index is 1.71. The molecule has 110 valence electrons. The van der Waals surface area contributed by atoms with Crippen LogP contribution in [0, 0.1) is 5.92 Å². The van der Waals surface area contributed by atoms with Crippen molar-refractivity contribution in [3.05, 3.63) is 0 Å². The maximum Gasteiger partial charge on any atom is 0.235 e. The number of amides is 1. The van der Waals surface area contributed by atoms with Crippen molar-refractivity contribution in [1.82, 2.24) is 14.5 Å². The van der Waals surface area contributed by atoms with Crippen LogP contribution in [0.2, 0.25) is 0 Å². The Labute approximate surface area is 115 Å². The second kappa shape index (κ2) is 5.76. The fourth-order valence-corrected chi connectivity index (χ4v) is 2.73. The predicted molar refractivity (Wildman–Crippen MR) is 73.2 cm³/mol. The smallest absolute Gasteiger partial charge is 0.235 e. The Kier molecular flexibility index (Phi) is 4.47. The fraction of sp³-hybridized carbons (Fsp3) is 0.917. The summed E-state index contributed by atoms with van der Waals surface area (Å²) in [5, 5.41) is 2.92. The summed E-state index contributed by atoms with van der Waals surface area (Å²) < 4.78 is 23.5. The molecule has 19 heavy (non-hydrogen) atoms. The van der Waals surface area contributed by atoms with Crippen LogP contribution in [0.1, 0.15) is 19.3 Å². The van der Waals surface area contributed by atoms with E-state index in [4.69, 9.17) is 0 Å². The maximum atomic E-state index is 11.8. The molecular weight excluding hydrogens is 266 g/mol. The van der Waals surface area contributed by atoms with Gasteiger partial charge in [0, 0.05) is 32.7 Å². The van der Waals surface area contributed by atoms with Crippen molar-refractivity contribution in [2.45, 2.75) is 25.3 Å². The first-order valence-corrected chi connectivity index (χ1v) is 8.62. The van der Waals surface area contributed by atoms with Crippen LogP contribution in [-0.2, 0) is 14.8 Å². The lowest BCUT2D eigenvalue weighted by molar-refractivity contribution is -0.121. The van der Waals surface area contributed by atoms with Crippen LogP contribution in [0.4, 0.5) is 0 Å². The molecule has 1 aliphatic heterocycles. The average molecular weight is 289 g/mol. The van der Waals surface area contributed by atoms with Crippen LogP contribution in [0.5, 0.6) is 0 Å². The van der Waals surface area contributed by atoms with Gasteiger partial charge >= 0.3 is 0 Å². The van der Waals surface area contributed by atoms with Crippen LogP contribution >= 0.6 is 0 Å². The van der Waals surface area contributed by atoms with Crippen molar-refractivity contribution in [2.24, 2.45) is 5.92 Å². The Bertz CT molecular complexity index is 434. The molecule has 0 radical (unpaired) electrons. The number of carbonyl (C=O) groups is 1. The molecule has 0 aromatic carbocycles. The predicted octanol–water partition coefficient (Wildman–Crippen LogP) is -0.522. The molecule has 0 aromatic rings. The highest BCUT2D eigenvalue weighted by atomic mass is 32.2. The van der Waals surface area contributed by atoms with Crippen molar-refractivity contribution in [1.29, 1.82) is 0 Å². The van der Waals surface area contributed by atoms with Gasteiger partial charge in [-0.1, -0.05) is 0 Å². The molecule has 2 aliphatic rings. The van der Waals surface area contributed by atoms with Gasteiger partial charge in [0.1, 0.15) is 0 Å². The summed E-state index contributed by atoms with van der Waals surface area (Å²) in [4.78, 5) is 14.2. The summed E-state index contributed by atoms with van der Waals surface area (Å²) in [6.45, 7) is 2.97. The van der Waals surface area contributed by atoms with Gasteiger partial charge in [0.05, 0.1) is 12.8 Å². The standard InChI is InChI=1S/C12H23N3O3S/c1-14(19(2,17)18)9-12(16)13-11-5-6-15(8-11)7-10-3-4-10/h10-11H,3-9H2,1-2H3,(H,13,16). The van der Waals surface area contributed by atoms with E-state index < -0.39 is 10.0 Å². The summed E-state index contributed by atoms with van der Waals surface area (Å²) in [6.07, 6.45) is 4.74. The van der Waals surface area contributed by atoms with Crippen LogP contribution in [0.25, 0.3) is 0 Å². The number of nitrogens with one attached hydrogen (secondary N) is 1. The molecule has 0 aromatic heterocycles. The average Bonchev–Trinajstić information content (AvgIpc) is 2.97. The topological polar surface area (TPSA) is 69.7 Å². The number of hydrogen-bond acceptors (Lipinski definition) is 4. The lowest BCUT2D eigenvalue weighted by atomic mass is 10.2. The van der Waals surface area contributed by atoms with Crippen LogP contribution in [0.15, 0.2) is 0 Å². The molecule has 1 N–H and O–H groups in total. The minimum atomic E-state index is -3.29. The van der Waals surface area contributed by atoms with Crippen molar-refractivity contribution < 1.29 is 13.2 Å². The Morgan fingerprint density at radius 3 is 2.63 bits per heavy atom. The second-order valence-corrected chi connectivity index (χ2v) is 7.86. The van der Waals surface area contributed by atoms with Crippen molar-refractivity contribution in [3.8, 4) is 0 Å². The molecule has 7 heteroatoms. The van der Waals surface area contributed by atoms with E-state index >= 15 is 0 Å². The molecule has 1 amide bonds. The SMILES string of the molecule is CN(CC(=O)NC1CCN(CC2CC2)C1)S(C)(=O)=O. The Morgan fingerprint density at radius 1 is 1.37 bits per heavy atom. The molecule has 1 aliphatic carbocycles. The van der Waals surface area contributed by atoms with Gasteiger partial charge < -0.3 is 10.2 Å². The molecule has 2 rings (SSSR count). The first-order chi connectivity index (χ1) is 8.84. The van der Waals surface area contributed by atoms with Gasteiger partial charge in [-0.3, -0.25) is 4.79 Å². The number of rotatable bonds is 6. The highest BCUT2D eigenvalue weighted by Crippen LogP contribution is 2.30. The quantitative estimate of drug-likeness (QED) is 0.714. The van der Waals surface area contributed by atoms with E-state index in [1.54, 1.807) is 0 Å². The molecular formula is C12H23N3O3S. The lowest BCUT2D eigenvalue weighted by Crippen LogP contribution is -2.43. The number of likely N-dealkylation sites (tertiary alicyclic amines) is 1. The zero-order valence-electron chi connectivity index (χ0n) is 11.6. The van der Waals surface area contributed by atoms with Gasteiger partial charge in [0.15, 0.2) is 0 Å². The van der Waals surface area contributed by atoms with E-state index in [-0.39, 0.29) is 18.5 Å². The third kappa shape index (κ3) is 4.74. The van der Waals surface area contributed by atoms with Gasteiger partial charge in [-0.15, -0.1) is 0 Å². The third-order valence-corrected chi connectivity index (χ3v) is 5.04. The molecule has 1 unspecified atom stereocenters. The molecule has 1 saturated carbocycles. The Morgan fingerprint density at radius 2 is 2.05 bits per heavy atom. The van der Waals surface area contributed by atoms with Crippen LogP contribution < -0.4 is 5.32 Å². The van der Waals surface area contributed by atoms with Gasteiger partial charge in [-0.05, 0) is 25.2 Å². The Hall–Kier alpha value is -0.660. The number of sulfonamides is 1. The van der Waals surface area contributed by atoms with Gasteiger partial charge in [0.25, 0.3) is 0 Å². The molecule has 1 heterocycles. The molecule has 0 spiro atoms. The molecule has 0 bridgehead atoms. The summed E-state index contributed by atoms with van der Waals surface area (Å²) in [6, 6.07) is 0.166. The second-order valence-electron chi connectivity index (χ2n) is 5.78. The van der Waals surface area contributed by atoms with Crippen molar-refractivity contribution >= 4 is 15.9 Å². The molecule has 1 atom stereocenters. The summed E-state index contributed by atoms with van der Waals surface area (Å²) >= 11 is 0. The molecule has 2 fully saturated rings.